The van der Waals surface area contributed by atoms with Crippen LogP contribution in [0.2, 0.25) is 5.02 Å². The van der Waals surface area contributed by atoms with Crippen LogP contribution in [0.15, 0.2) is 76.8 Å². The van der Waals surface area contributed by atoms with Crippen molar-refractivity contribution in [3.05, 3.63) is 83.1 Å². The standard InChI is InChI=1S/C23H19ClN4OS/c1-15-9-10-16(24)12-20(15)27-22(29)14-30-23-13-21(17-6-4-5-11-25-17)26-18-7-2-3-8-19(18)28-23/h2-12H,13-14H2,1H3,(H,27,29). The lowest BCUT2D eigenvalue weighted by molar-refractivity contribution is -0.113. The number of benzene rings is 2. The first-order valence-corrected chi connectivity index (χ1v) is 10.8. The molecule has 1 aromatic heterocycles. The molecular formula is C23H19ClN4OS. The normalized spacial score (nSPS) is 13.0. The third-order valence-electron chi connectivity index (χ3n) is 4.51. The Morgan fingerprint density at radius 1 is 1.07 bits per heavy atom. The molecule has 5 nitrogen and oxygen atoms in total. The zero-order chi connectivity index (χ0) is 20.9. The van der Waals surface area contributed by atoms with Crippen LogP contribution in [0.1, 0.15) is 17.7 Å². The number of halogens is 1. The van der Waals surface area contributed by atoms with Gasteiger partial charge in [0.15, 0.2) is 0 Å². The quantitative estimate of drug-likeness (QED) is 0.550. The summed E-state index contributed by atoms with van der Waals surface area (Å²) in [5.41, 5.74) is 4.91. The maximum atomic E-state index is 12.5. The minimum absolute atomic E-state index is 0.109. The minimum Gasteiger partial charge on any atom is -0.325 e. The maximum Gasteiger partial charge on any atom is 0.234 e. The Bertz CT molecular complexity index is 1140. The fourth-order valence-electron chi connectivity index (χ4n) is 2.98. The molecule has 1 aliphatic heterocycles. The number of aromatic nitrogens is 1. The highest BCUT2D eigenvalue weighted by atomic mass is 35.5. The number of carbonyl (C=O) groups excluding carboxylic acids is 1. The van der Waals surface area contributed by atoms with Gasteiger partial charge in [-0.05, 0) is 48.9 Å². The van der Waals surface area contributed by atoms with E-state index in [-0.39, 0.29) is 11.7 Å². The van der Waals surface area contributed by atoms with Crippen LogP contribution in [0.25, 0.3) is 0 Å². The molecule has 2 heterocycles. The molecule has 0 aliphatic carbocycles. The summed E-state index contributed by atoms with van der Waals surface area (Å²) in [4.78, 5) is 26.5. The predicted octanol–water partition coefficient (Wildman–Crippen LogP) is 5.97. The van der Waals surface area contributed by atoms with Crippen molar-refractivity contribution >= 4 is 57.1 Å². The average Bonchev–Trinajstić information content (AvgIpc) is 2.95. The molecule has 1 aliphatic rings. The summed E-state index contributed by atoms with van der Waals surface area (Å²) in [5.74, 6) is 0.129. The molecule has 0 atom stereocenters. The Labute approximate surface area is 184 Å². The lowest BCUT2D eigenvalue weighted by Crippen LogP contribution is -2.17. The molecule has 0 saturated heterocycles. The van der Waals surface area contributed by atoms with Crippen LogP contribution in [0, 0.1) is 6.92 Å². The number of rotatable bonds is 4. The molecule has 1 amide bonds. The van der Waals surface area contributed by atoms with Gasteiger partial charge in [-0.15, -0.1) is 11.8 Å². The number of aryl methyl sites for hydroxylation is 1. The second kappa shape index (κ2) is 9.24. The van der Waals surface area contributed by atoms with Crippen LogP contribution in [0.5, 0.6) is 0 Å². The van der Waals surface area contributed by atoms with Gasteiger partial charge in [-0.25, -0.2) is 9.98 Å². The third-order valence-corrected chi connectivity index (χ3v) is 5.72. The Morgan fingerprint density at radius 3 is 2.60 bits per heavy atom. The highest BCUT2D eigenvalue weighted by Gasteiger charge is 2.17. The number of hydrogen-bond acceptors (Lipinski definition) is 5. The topological polar surface area (TPSA) is 66.7 Å². The number of amides is 1. The predicted molar refractivity (Wildman–Crippen MR) is 126 cm³/mol. The lowest BCUT2D eigenvalue weighted by Gasteiger charge is -2.10. The second-order valence-electron chi connectivity index (χ2n) is 6.74. The van der Waals surface area contributed by atoms with Gasteiger partial charge in [0.25, 0.3) is 0 Å². The molecule has 2 aromatic carbocycles. The van der Waals surface area contributed by atoms with E-state index in [1.165, 1.54) is 11.8 Å². The number of carbonyl (C=O) groups is 1. The number of nitrogens with one attached hydrogen (secondary N) is 1. The molecule has 0 fully saturated rings. The van der Waals surface area contributed by atoms with Crippen LogP contribution in [0.4, 0.5) is 17.1 Å². The van der Waals surface area contributed by atoms with Gasteiger partial charge in [0.1, 0.15) is 0 Å². The molecule has 1 N–H and O–H groups in total. The van der Waals surface area contributed by atoms with Crippen LogP contribution >= 0.6 is 23.4 Å². The number of para-hydroxylation sites is 2. The van der Waals surface area contributed by atoms with Gasteiger partial charge in [0.05, 0.1) is 33.6 Å². The number of fused-ring (bicyclic) bond motifs is 1. The first-order chi connectivity index (χ1) is 14.6. The second-order valence-corrected chi connectivity index (χ2v) is 8.23. The molecule has 7 heteroatoms. The summed E-state index contributed by atoms with van der Waals surface area (Å²) in [6, 6.07) is 18.9. The van der Waals surface area contributed by atoms with Crippen molar-refractivity contribution in [2.75, 3.05) is 11.1 Å². The monoisotopic (exact) mass is 434 g/mol. The van der Waals surface area contributed by atoms with Gasteiger partial charge >= 0.3 is 0 Å². The number of thioether (sulfide) groups is 1. The van der Waals surface area contributed by atoms with Crippen LogP contribution in [-0.2, 0) is 4.79 Å². The van der Waals surface area contributed by atoms with Crippen LogP contribution in [-0.4, -0.2) is 27.4 Å². The first-order valence-electron chi connectivity index (χ1n) is 9.43. The molecule has 4 rings (SSSR count). The van der Waals surface area contributed by atoms with Gasteiger partial charge < -0.3 is 5.32 Å². The molecule has 0 spiro atoms. The van der Waals surface area contributed by atoms with Crippen LogP contribution < -0.4 is 5.32 Å². The summed E-state index contributed by atoms with van der Waals surface area (Å²) >= 11 is 7.45. The van der Waals surface area contributed by atoms with E-state index in [9.17, 15) is 4.79 Å². The first kappa shape index (κ1) is 20.3. The number of hydrogen-bond donors (Lipinski definition) is 1. The Morgan fingerprint density at radius 2 is 1.83 bits per heavy atom. The third kappa shape index (κ3) is 4.96. The fraction of sp³-hybridized carbons (Fsp3) is 0.130. The van der Waals surface area contributed by atoms with Gasteiger partial charge in [-0.1, -0.05) is 35.9 Å². The highest BCUT2D eigenvalue weighted by Crippen LogP contribution is 2.33. The van der Waals surface area contributed by atoms with Gasteiger partial charge in [0, 0.05) is 23.3 Å². The zero-order valence-electron chi connectivity index (χ0n) is 16.3. The zero-order valence-corrected chi connectivity index (χ0v) is 17.9. The van der Waals surface area contributed by atoms with E-state index in [1.807, 2.05) is 55.5 Å². The van der Waals surface area contributed by atoms with Gasteiger partial charge in [-0.3, -0.25) is 9.78 Å². The molecule has 3 aromatic rings. The van der Waals surface area contributed by atoms with Gasteiger partial charge in [0.2, 0.25) is 5.91 Å². The van der Waals surface area contributed by atoms with E-state index in [0.717, 1.165) is 39.1 Å². The van der Waals surface area contributed by atoms with Crippen molar-refractivity contribution in [1.29, 1.82) is 0 Å². The Balaban J connectivity index is 1.52. The van der Waals surface area contributed by atoms with Crippen molar-refractivity contribution in [3.63, 3.8) is 0 Å². The number of nitrogens with zero attached hydrogens (tertiary/aromatic N) is 3. The molecule has 150 valence electrons. The number of anilines is 1. The summed E-state index contributed by atoms with van der Waals surface area (Å²) < 4.78 is 0. The summed E-state index contributed by atoms with van der Waals surface area (Å²) in [5, 5.41) is 4.34. The lowest BCUT2D eigenvalue weighted by atomic mass is 10.2. The Kier molecular flexibility index (Phi) is 6.26. The maximum absolute atomic E-state index is 12.5. The van der Waals surface area contributed by atoms with Crippen molar-refractivity contribution in [2.24, 2.45) is 9.98 Å². The summed E-state index contributed by atoms with van der Waals surface area (Å²) in [6.07, 6.45) is 2.26. The van der Waals surface area contributed by atoms with Crippen molar-refractivity contribution < 1.29 is 4.79 Å². The Hall–Kier alpha value is -2.96. The molecular weight excluding hydrogens is 416 g/mol. The van der Waals surface area contributed by atoms with E-state index in [1.54, 1.807) is 18.3 Å². The van der Waals surface area contributed by atoms with E-state index in [0.29, 0.717) is 11.4 Å². The average molecular weight is 435 g/mol. The minimum atomic E-state index is -0.109. The van der Waals surface area contributed by atoms with Crippen molar-refractivity contribution in [2.45, 2.75) is 13.3 Å². The summed E-state index contributed by atoms with van der Waals surface area (Å²) in [7, 11) is 0. The fourth-order valence-corrected chi connectivity index (χ4v) is 3.93. The number of aliphatic imine (C=N–C) groups is 2. The molecule has 0 saturated carbocycles. The molecule has 0 unspecified atom stereocenters. The van der Waals surface area contributed by atoms with E-state index in [4.69, 9.17) is 21.6 Å². The summed E-state index contributed by atoms with van der Waals surface area (Å²) in [6.45, 7) is 1.93. The highest BCUT2D eigenvalue weighted by molar-refractivity contribution is 8.14. The largest absolute Gasteiger partial charge is 0.325 e. The SMILES string of the molecule is Cc1ccc(Cl)cc1NC(=O)CSC1=Nc2ccccc2N=C(c2ccccn2)C1. The van der Waals surface area contributed by atoms with Crippen molar-refractivity contribution in [1.82, 2.24) is 4.98 Å². The molecule has 0 radical (unpaired) electrons. The smallest absolute Gasteiger partial charge is 0.234 e. The van der Waals surface area contributed by atoms with Crippen LogP contribution in [0.3, 0.4) is 0 Å². The van der Waals surface area contributed by atoms with Crippen molar-refractivity contribution in [3.8, 4) is 0 Å². The van der Waals surface area contributed by atoms with E-state index >= 15 is 0 Å². The van der Waals surface area contributed by atoms with Gasteiger partial charge in [-0.2, -0.15) is 0 Å². The number of pyridine rings is 1. The molecule has 30 heavy (non-hydrogen) atoms. The van der Waals surface area contributed by atoms with E-state index < -0.39 is 0 Å². The molecule has 0 bridgehead atoms. The van der Waals surface area contributed by atoms with E-state index in [2.05, 4.69) is 10.3 Å².